The maximum absolute atomic E-state index is 12.5. The molecule has 41 heavy (non-hydrogen) atoms. The fraction of sp³-hybridized carbons (Fsp3) is 0.250. The van der Waals surface area contributed by atoms with Gasteiger partial charge in [-0.3, -0.25) is 9.59 Å². The Morgan fingerprint density at radius 3 is 2.54 bits per heavy atom. The average molecular weight is 566 g/mol. The van der Waals surface area contributed by atoms with Crippen LogP contribution in [0.3, 0.4) is 0 Å². The van der Waals surface area contributed by atoms with Crippen LogP contribution in [0, 0.1) is 0 Å². The summed E-state index contributed by atoms with van der Waals surface area (Å²) in [7, 11) is 0. The maximum Gasteiger partial charge on any atom is 0.573 e. The molecule has 0 saturated carbocycles. The molecule has 1 atom stereocenters. The predicted molar refractivity (Wildman–Crippen MR) is 145 cm³/mol. The number of likely N-dealkylation sites (tertiary alicyclic amines) is 1. The lowest BCUT2D eigenvalue weighted by Gasteiger charge is -2.32. The number of nitrogen functional groups attached to an aromatic ring is 1. The van der Waals surface area contributed by atoms with Crippen LogP contribution >= 0.6 is 0 Å². The van der Waals surface area contributed by atoms with Gasteiger partial charge in [-0.1, -0.05) is 30.8 Å². The first-order valence-corrected chi connectivity index (χ1v) is 12.8. The number of carbonyl (C=O) groups is 2. The van der Waals surface area contributed by atoms with Crippen LogP contribution in [0.4, 0.5) is 19.0 Å². The third-order valence-electron chi connectivity index (χ3n) is 6.78. The second-order valence-electron chi connectivity index (χ2n) is 9.49. The SMILES string of the molecule is C=CC(=O)N1CCC[C@@H](n2nc(-c3ccc(CNC(=O)c4ccc(OC(F)(F)F)cc4)cc3)c3c(N)ncnc32)C1. The number of alkyl halides is 3. The summed E-state index contributed by atoms with van der Waals surface area (Å²) in [4.78, 5) is 35.0. The summed E-state index contributed by atoms with van der Waals surface area (Å²) in [5.74, 6) is -0.694. The summed E-state index contributed by atoms with van der Waals surface area (Å²) < 4.78 is 42.7. The highest BCUT2D eigenvalue weighted by Crippen LogP contribution is 2.34. The molecular weight excluding hydrogens is 539 g/mol. The van der Waals surface area contributed by atoms with Crippen LogP contribution in [0.2, 0.25) is 0 Å². The Kier molecular flexibility index (Phi) is 7.60. The van der Waals surface area contributed by atoms with Gasteiger partial charge >= 0.3 is 6.36 Å². The highest BCUT2D eigenvalue weighted by Gasteiger charge is 2.31. The highest BCUT2D eigenvalue weighted by molar-refractivity contribution is 5.98. The van der Waals surface area contributed by atoms with Gasteiger partial charge in [0.1, 0.15) is 23.6 Å². The van der Waals surface area contributed by atoms with Gasteiger partial charge in [0.05, 0.1) is 11.4 Å². The maximum atomic E-state index is 12.5. The van der Waals surface area contributed by atoms with E-state index in [1.165, 1.54) is 24.5 Å². The first kappa shape index (κ1) is 27.6. The molecule has 0 bridgehead atoms. The number of piperidine rings is 1. The fourth-order valence-corrected chi connectivity index (χ4v) is 4.81. The zero-order chi connectivity index (χ0) is 29.1. The molecule has 5 rings (SSSR count). The van der Waals surface area contributed by atoms with E-state index >= 15 is 0 Å². The number of carbonyl (C=O) groups excluding carboxylic acids is 2. The highest BCUT2D eigenvalue weighted by atomic mass is 19.4. The Hall–Kier alpha value is -4.94. The largest absolute Gasteiger partial charge is 0.573 e. The summed E-state index contributed by atoms with van der Waals surface area (Å²) in [6.07, 6.45) is -0.479. The molecule has 2 amide bonds. The van der Waals surface area contributed by atoms with Crippen molar-refractivity contribution < 1.29 is 27.5 Å². The van der Waals surface area contributed by atoms with Gasteiger partial charge in [-0.05, 0) is 48.7 Å². The molecule has 1 saturated heterocycles. The zero-order valence-corrected chi connectivity index (χ0v) is 21.8. The Labute approximate surface area is 232 Å². The number of benzene rings is 2. The second kappa shape index (κ2) is 11.3. The van der Waals surface area contributed by atoms with Crippen molar-refractivity contribution in [2.24, 2.45) is 0 Å². The first-order valence-electron chi connectivity index (χ1n) is 12.8. The number of ether oxygens (including phenoxy) is 1. The van der Waals surface area contributed by atoms with E-state index in [2.05, 4.69) is 26.6 Å². The molecule has 4 aromatic rings. The van der Waals surface area contributed by atoms with Crippen LogP contribution in [0.5, 0.6) is 5.75 Å². The average Bonchev–Trinajstić information content (AvgIpc) is 3.36. The molecule has 2 aromatic carbocycles. The lowest BCUT2D eigenvalue weighted by Crippen LogP contribution is -2.40. The standard InChI is InChI=1S/C28H26F3N7O3/c1-2-22(39)37-13-3-4-20(15-37)38-26-23(25(32)34-16-35-26)24(36-38)18-7-5-17(6-8-18)14-33-27(40)19-9-11-21(12-10-19)41-28(29,30)31/h2,5-12,16,20H,1,3-4,13-15H2,(H,33,40)(H2,32,34,35)/t20-/m1/s1. The number of nitrogens with zero attached hydrogens (tertiary/aromatic N) is 5. The van der Waals surface area contributed by atoms with Crippen LogP contribution in [-0.2, 0) is 11.3 Å². The van der Waals surface area contributed by atoms with Crippen LogP contribution in [-0.4, -0.2) is 55.9 Å². The molecule has 212 valence electrons. The van der Waals surface area contributed by atoms with Crippen molar-refractivity contribution in [3.63, 3.8) is 0 Å². The minimum Gasteiger partial charge on any atom is -0.406 e. The van der Waals surface area contributed by atoms with Gasteiger partial charge in [0, 0.05) is 30.8 Å². The lowest BCUT2D eigenvalue weighted by atomic mass is 10.1. The third kappa shape index (κ3) is 6.13. The van der Waals surface area contributed by atoms with Gasteiger partial charge in [0.25, 0.3) is 5.91 Å². The normalized spacial score (nSPS) is 15.5. The van der Waals surface area contributed by atoms with Crippen molar-refractivity contribution in [2.75, 3.05) is 18.8 Å². The summed E-state index contributed by atoms with van der Waals surface area (Å²) in [6.45, 7) is 4.90. The van der Waals surface area contributed by atoms with Gasteiger partial charge in [-0.2, -0.15) is 5.10 Å². The van der Waals surface area contributed by atoms with Crippen molar-refractivity contribution >= 4 is 28.7 Å². The Balaban J connectivity index is 1.32. The Morgan fingerprint density at radius 2 is 1.85 bits per heavy atom. The molecule has 10 nitrogen and oxygen atoms in total. The van der Waals surface area contributed by atoms with E-state index < -0.39 is 18.0 Å². The molecular formula is C28H26F3N7O3. The van der Waals surface area contributed by atoms with Crippen LogP contribution in [0.1, 0.15) is 34.8 Å². The number of anilines is 1. The summed E-state index contributed by atoms with van der Waals surface area (Å²) in [6, 6.07) is 11.9. The molecule has 13 heteroatoms. The molecule has 1 aliphatic heterocycles. The number of hydrogen-bond donors (Lipinski definition) is 2. The number of nitrogens with one attached hydrogen (secondary N) is 1. The molecule has 0 radical (unpaired) electrons. The van der Waals surface area contributed by atoms with Crippen molar-refractivity contribution in [3.05, 3.63) is 78.6 Å². The molecule has 0 unspecified atom stereocenters. The van der Waals surface area contributed by atoms with Gasteiger partial charge in [-0.25, -0.2) is 14.6 Å². The third-order valence-corrected chi connectivity index (χ3v) is 6.78. The number of aromatic nitrogens is 4. The van der Waals surface area contributed by atoms with Gasteiger partial charge in [0.15, 0.2) is 5.65 Å². The van der Waals surface area contributed by atoms with E-state index in [9.17, 15) is 22.8 Å². The topological polar surface area (TPSA) is 128 Å². The van der Waals surface area contributed by atoms with E-state index in [-0.39, 0.29) is 29.9 Å². The van der Waals surface area contributed by atoms with E-state index in [0.717, 1.165) is 36.1 Å². The van der Waals surface area contributed by atoms with E-state index in [1.807, 2.05) is 28.9 Å². The number of hydrogen-bond acceptors (Lipinski definition) is 7. The number of nitrogens with two attached hydrogens (primary N) is 1. The molecule has 1 fully saturated rings. The van der Waals surface area contributed by atoms with Crippen LogP contribution < -0.4 is 15.8 Å². The lowest BCUT2D eigenvalue weighted by molar-refractivity contribution is -0.274. The summed E-state index contributed by atoms with van der Waals surface area (Å²) in [5, 5.41) is 8.21. The van der Waals surface area contributed by atoms with Gasteiger partial charge in [-0.15, -0.1) is 13.2 Å². The zero-order valence-electron chi connectivity index (χ0n) is 21.8. The number of rotatable bonds is 7. The van der Waals surface area contributed by atoms with Crippen molar-refractivity contribution in [1.82, 2.24) is 30.0 Å². The first-order chi connectivity index (χ1) is 19.6. The van der Waals surface area contributed by atoms with Crippen LogP contribution in [0.15, 0.2) is 67.5 Å². The van der Waals surface area contributed by atoms with Gasteiger partial charge in [0.2, 0.25) is 5.91 Å². The Morgan fingerprint density at radius 1 is 1.12 bits per heavy atom. The van der Waals surface area contributed by atoms with E-state index in [4.69, 9.17) is 10.8 Å². The summed E-state index contributed by atoms with van der Waals surface area (Å²) in [5.41, 5.74) is 9.17. The van der Waals surface area contributed by atoms with Crippen molar-refractivity contribution in [1.29, 1.82) is 0 Å². The molecule has 0 aliphatic carbocycles. The van der Waals surface area contributed by atoms with Crippen molar-refractivity contribution in [2.45, 2.75) is 31.8 Å². The fourth-order valence-electron chi connectivity index (χ4n) is 4.81. The number of halogens is 3. The van der Waals surface area contributed by atoms with E-state index in [1.54, 1.807) is 4.90 Å². The summed E-state index contributed by atoms with van der Waals surface area (Å²) >= 11 is 0. The molecule has 2 aromatic heterocycles. The van der Waals surface area contributed by atoms with Crippen molar-refractivity contribution in [3.8, 4) is 17.0 Å². The molecule has 3 N–H and O–H groups in total. The molecule has 1 aliphatic rings. The van der Waals surface area contributed by atoms with Crippen LogP contribution in [0.25, 0.3) is 22.3 Å². The quantitative estimate of drug-likeness (QED) is 0.321. The molecule has 0 spiro atoms. The minimum atomic E-state index is -4.80. The second-order valence-corrected chi connectivity index (χ2v) is 9.49. The minimum absolute atomic E-state index is 0.0956. The Bertz CT molecular complexity index is 1580. The number of amides is 2. The van der Waals surface area contributed by atoms with Gasteiger partial charge < -0.3 is 20.7 Å². The monoisotopic (exact) mass is 565 g/mol. The predicted octanol–water partition coefficient (Wildman–Crippen LogP) is 4.25. The number of fused-ring (bicyclic) bond motifs is 1. The van der Waals surface area contributed by atoms with E-state index in [0.29, 0.717) is 29.8 Å². The smallest absolute Gasteiger partial charge is 0.406 e. The molecule has 3 heterocycles.